The molecule has 0 saturated carbocycles. The van der Waals surface area contributed by atoms with Crippen LogP contribution in [0.3, 0.4) is 0 Å². The Hall–Kier alpha value is -0.830. The lowest BCUT2D eigenvalue weighted by molar-refractivity contribution is -0.142. The van der Waals surface area contributed by atoms with Crippen LogP contribution in [-0.2, 0) is 9.53 Å². The summed E-state index contributed by atoms with van der Waals surface area (Å²) >= 11 is 1.60. The quantitative estimate of drug-likeness (QED) is 0.674. The van der Waals surface area contributed by atoms with Crippen LogP contribution in [0.25, 0.3) is 0 Å². The van der Waals surface area contributed by atoms with E-state index in [1.54, 1.807) is 11.3 Å². The predicted molar refractivity (Wildman–Crippen MR) is 49.4 cm³/mol. The third kappa shape index (κ3) is 1.85. The van der Waals surface area contributed by atoms with Gasteiger partial charge in [0.15, 0.2) is 0 Å². The third-order valence-electron chi connectivity index (χ3n) is 1.84. The van der Waals surface area contributed by atoms with Crippen LogP contribution >= 0.6 is 11.3 Å². The number of hydrogen-bond donors (Lipinski definition) is 0. The summed E-state index contributed by atoms with van der Waals surface area (Å²) in [6, 6.07) is 1.97. The van der Waals surface area contributed by atoms with Crippen molar-refractivity contribution in [1.82, 2.24) is 0 Å². The predicted octanol–water partition coefficient (Wildman–Crippen LogP) is 2.41. The van der Waals surface area contributed by atoms with E-state index in [9.17, 15) is 4.79 Å². The monoisotopic (exact) mass is 184 g/mol. The Balaban J connectivity index is 2.76. The van der Waals surface area contributed by atoms with E-state index in [1.165, 1.54) is 7.11 Å². The van der Waals surface area contributed by atoms with Gasteiger partial charge in [0, 0.05) is 0 Å². The minimum absolute atomic E-state index is 0.0822. The van der Waals surface area contributed by atoms with Crippen molar-refractivity contribution in [2.24, 2.45) is 0 Å². The van der Waals surface area contributed by atoms with Gasteiger partial charge in [0.05, 0.1) is 13.0 Å². The van der Waals surface area contributed by atoms with Crippen LogP contribution in [0.5, 0.6) is 0 Å². The molecule has 0 aromatic carbocycles. The van der Waals surface area contributed by atoms with Crippen molar-refractivity contribution in [3.63, 3.8) is 0 Å². The highest BCUT2D eigenvalue weighted by Gasteiger charge is 2.18. The molecule has 0 spiro atoms. The maximum Gasteiger partial charge on any atom is 0.313 e. The molecule has 0 aliphatic rings. The van der Waals surface area contributed by atoms with Gasteiger partial charge in [0.25, 0.3) is 0 Å². The normalized spacial score (nSPS) is 12.5. The van der Waals surface area contributed by atoms with Crippen LogP contribution in [-0.4, -0.2) is 13.1 Å². The van der Waals surface area contributed by atoms with Crippen LogP contribution in [0.15, 0.2) is 16.8 Å². The van der Waals surface area contributed by atoms with E-state index in [0.717, 1.165) is 12.0 Å². The molecular weight excluding hydrogens is 172 g/mol. The number of hydrogen-bond acceptors (Lipinski definition) is 3. The first kappa shape index (κ1) is 9.26. The molecule has 1 aromatic rings. The lowest BCUT2D eigenvalue weighted by Gasteiger charge is -2.09. The minimum atomic E-state index is -0.143. The fourth-order valence-corrected chi connectivity index (χ4v) is 1.87. The van der Waals surface area contributed by atoms with Crippen LogP contribution in [0, 0.1) is 0 Å². The summed E-state index contributed by atoms with van der Waals surface area (Å²) in [5, 5.41) is 3.96. The van der Waals surface area contributed by atoms with Crippen LogP contribution in [0.2, 0.25) is 0 Å². The van der Waals surface area contributed by atoms with Gasteiger partial charge in [-0.05, 0) is 28.8 Å². The van der Waals surface area contributed by atoms with Gasteiger partial charge >= 0.3 is 5.97 Å². The van der Waals surface area contributed by atoms with Crippen molar-refractivity contribution in [2.75, 3.05) is 7.11 Å². The van der Waals surface area contributed by atoms with Crippen molar-refractivity contribution < 1.29 is 9.53 Å². The maximum atomic E-state index is 11.2. The number of ether oxygens (including phenoxy) is 1. The van der Waals surface area contributed by atoms with Gasteiger partial charge in [-0.25, -0.2) is 0 Å². The SMILES string of the molecule is CCC(C(=O)OC)c1ccsc1. The molecule has 0 radical (unpaired) electrons. The third-order valence-corrected chi connectivity index (χ3v) is 2.54. The molecule has 12 heavy (non-hydrogen) atoms. The Labute approximate surface area is 76.2 Å². The van der Waals surface area contributed by atoms with Crippen LogP contribution in [0.4, 0.5) is 0 Å². The van der Waals surface area contributed by atoms with Gasteiger partial charge in [0.2, 0.25) is 0 Å². The maximum absolute atomic E-state index is 11.2. The molecule has 1 rings (SSSR count). The Bertz CT molecular complexity index is 241. The first-order valence-corrected chi connectivity index (χ1v) is 4.83. The Morgan fingerprint density at radius 1 is 1.75 bits per heavy atom. The summed E-state index contributed by atoms with van der Waals surface area (Å²) in [4.78, 5) is 11.2. The second kappa shape index (κ2) is 4.26. The van der Waals surface area contributed by atoms with E-state index < -0.39 is 0 Å². The molecule has 0 bridgehead atoms. The molecule has 0 N–H and O–H groups in total. The van der Waals surface area contributed by atoms with E-state index in [1.807, 2.05) is 23.8 Å². The number of rotatable bonds is 3. The number of carbonyl (C=O) groups is 1. The number of esters is 1. The summed E-state index contributed by atoms with van der Waals surface area (Å²) in [7, 11) is 1.43. The van der Waals surface area contributed by atoms with E-state index in [-0.39, 0.29) is 11.9 Å². The average Bonchev–Trinajstić information content (AvgIpc) is 2.58. The smallest absolute Gasteiger partial charge is 0.313 e. The van der Waals surface area contributed by atoms with E-state index in [2.05, 4.69) is 0 Å². The largest absolute Gasteiger partial charge is 0.469 e. The standard InChI is InChI=1S/C9H12O2S/c1-3-8(9(10)11-2)7-4-5-12-6-7/h4-6,8H,3H2,1-2H3. The number of thiophene rings is 1. The second-order valence-corrected chi connectivity index (χ2v) is 3.32. The Morgan fingerprint density at radius 3 is 2.92 bits per heavy atom. The molecule has 1 heterocycles. The van der Waals surface area contributed by atoms with Gasteiger partial charge in [0.1, 0.15) is 0 Å². The molecule has 66 valence electrons. The highest BCUT2D eigenvalue weighted by Crippen LogP contribution is 2.22. The van der Waals surface area contributed by atoms with Crippen molar-refractivity contribution in [3.05, 3.63) is 22.4 Å². The number of methoxy groups -OCH3 is 1. The van der Waals surface area contributed by atoms with Gasteiger partial charge in [-0.2, -0.15) is 11.3 Å². The molecule has 3 heteroatoms. The van der Waals surface area contributed by atoms with Crippen LogP contribution < -0.4 is 0 Å². The lowest BCUT2D eigenvalue weighted by Crippen LogP contribution is -2.12. The van der Waals surface area contributed by atoms with Crippen molar-refractivity contribution >= 4 is 17.3 Å². The zero-order valence-corrected chi connectivity index (χ0v) is 8.06. The molecule has 1 atom stereocenters. The summed E-state index contributed by atoms with van der Waals surface area (Å²) < 4.78 is 4.69. The molecule has 0 aliphatic carbocycles. The summed E-state index contributed by atoms with van der Waals surface area (Å²) in [6.45, 7) is 1.99. The summed E-state index contributed by atoms with van der Waals surface area (Å²) in [5.41, 5.74) is 1.06. The summed E-state index contributed by atoms with van der Waals surface area (Å²) in [5.74, 6) is -0.225. The molecular formula is C9H12O2S. The molecule has 0 fully saturated rings. The average molecular weight is 184 g/mol. The van der Waals surface area contributed by atoms with E-state index in [4.69, 9.17) is 4.74 Å². The topological polar surface area (TPSA) is 26.3 Å². The van der Waals surface area contributed by atoms with Crippen molar-refractivity contribution in [2.45, 2.75) is 19.3 Å². The van der Waals surface area contributed by atoms with Gasteiger partial charge in [-0.15, -0.1) is 0 Å². The van der Waals surface area contributed by atoms with E-state index in [0.29, 0.717) is 0 Å². The second-order valence-electron chi connectivity index (χ2n) is 2.54. The highest BCUT2D eigenvalue weighted by molar-refractivity contribution is 7.08. The van der Waals surface area contributed by atoms with Crippen molar-refractivity contribution in [1.29, 1.82) is 0 Å². The van der Waals surface area contributed by atoms with Crippen LogP contribution in [0.1, 0.15) is 24.8 Å². The molecule has 1 aromatic heterocycles. The zero-order chi connectivity index (χ0) is 8.97. The lowest BCUT2D eigenvalue weighted by atomic mass is 10.0. The van der Waals surface area contributed by atoms with Gasteiger partial charge < -0.3 is 4.74 Å². The van der Waals surface area contributed by atoms with Gasteiger partial charge in [-0.1, -0.05) is 6.92 Å². The molecule has 0 aliphatic heterocycles. The Morgan fingerprint density at radius 2 is 2.50 bits per heavy atom. The molecule has 2 nitrogen and oxygen atoms in total. The van der Waals surface area contributed by atoms with Crippen molar-refractivity contribution in [3.8, 4) is 0 Å². The zero-order valence-electron chi connectivity index (χ0n) is 7.24. The first-order chi connectivity index (χ1) is 5.79. The summed E-state index contributed by atoms with van der Waals surface area (Å²) in [6.07, 6.45) is 0.795. The molecule has 0 saturated heterocycles. The minimum Gasteiger partial charge on any atom is -0.469 e. The first-order valence-electron chi connectivity index (χ1n) is 3.89. The van der Waals surface area contributed by atoms with E-state index >= 15 is 0 Å². The number of carbonyl (C=O) groups excluding carboxylic acids is 1. The Kier molecular flexibility index (Phi) is 3.29. The molecule has 0 amide bonds. The molecule has 1 unspecified atom stereocenters. The van der Waals surface area contributed by atoms with Gasteiger partial charge in [-0.3, -0.25) is 4.79 Å². The fraction of sp³-hybridized carbons (Fsp3) is 0.444. The highest BCUT2D eigenvalue weighted by atomic mass is 32.1. The fourth-order valence-electron chi connectivity index (χ4n) is 1.15.